The van der Waals surface area contributed by atoms with Gasteiger partial charge in [-0.15, -0.1) is 0 Å². The molecule has 5 heteroatoms. The predicted molar refractivity (Wildman–Crippen MR) is 64.0 cm³/mol. The molecule has 1 heterocycles. The largest absolute Gasteiger partial charge is 0.331 e. The van der Waals surface area contributed by atoms with Gasteiger partial charge in [0, 0.05) is 11.2 Å². The van der Waals surface area contributed by atoms with E-state index in [4.69, 9.17) is 16.4 Å². The summed E-state index contributed by atoms with van der Waals surface area (Å²) in [6, 6.07) is 7.50. The van der Waals surface area contributed by atoms with E-state index in [9.17, 15) is 0 Å². The lowest BCUT2D eigenvalue weighted by molar-refractivity contribution is 0.0690. The van der Waals surface area contributed by atoms with Gasteiger partial charge in [0.15, 0.2) is 0 Å². The number of aliphatic imine (C=N–C) groups is 1. The number of nitrogens with one attached hydrogen (secondary N) is 2. The van der Waals surface area contributed by atoms with Crippen LogP contribution in [0.3, 0.4) is 0 Å². The average molecular weight is 238 g/mol. The Morgan fingerprint density at radius 2 is 2.19 bits per heavy atom. The van der Waals surface area contributed by atoms with Gasteiger partial charge in [-0.1, -0.05) is 23.7 Å². The lowest BCUT2D eigenvalue weighted by atomic mass is 10.2. The number of hydroxylamine groups is 1. The fraction of sp³-hybridized carbons (Fsp3) is 0.182. The first-order valence-electron chi connectivity index (χ1n) is 4.93. The lowest BCUT2D eigenvalue weighted by Crippen LogP contribution is -2.35. The third-order valence-electron chi connectivity index (χ3n) is 2.01. The van der Waals surface area contributed by atoms with E-state index in [1.54, 1.807) is 0 Å². The minimum Gasteiger partial charge on any atom is -0.331 e. The third kappa shape index (κ3) is 3.25. The molecule has 0 bridgehead atoms. The van der Waals surface area contributed by atoms with Crippen molar-refractivity contribution in [2.45, 2.75) is 6.61 Å². The third-order valence-corrected chi connectivity index (χ3v) is 2.27. The van der Waals surface area contributed by atoms with Crippen LogP contribution in [0.1, 0.15) is 5.56 Å². The van der Waals surface area contributed by atoms with Crippen LogP contribution >= 0.6 is 11.6 Å². The monoisotopic (exact) mass is 237 g/mol. The molecule has 0 aliphatic carbocycles. The summed E-state index contributed by atoms with van der Waals surface area (Å²) < 4.78 is 0. The summed E-state index contributed by atoms with van der Waals surface area (Å²) in [5.41, 5.74) is 3.78. The highest BCUT2D eigenvalue weighted by molar-refractivity contribution is 6.30. The second-order valence-electron chi connectivity index (χ2n) is 3.25. The van der Waals surface area contributed by atoms with Crippen LogP contribution in [-0.4, -0.2) is 12.5 Å². The Hall–Kier alpha value is -1.52. The van der Waals surface area contributed by atoms with Gasteiger partial charge in [0.2, 0.25) is 5.96 Å². The zero-order chi connectivity index (χ0) is 11.2. The van der Waals surface area contributed by atoms with Gasteiger partial charge in [0.25, 0.3) is 0 Å². The van der Waals surface area contributed by atoms with Gasteiger partial charge in [0.05, 0.1) is 13.2 Å². The van der Waals surface area contributed by atoms with Gasteiger partial charge < -0.3 is 5.32 Å². The van der Waals surface area contributed by atoms with E-state index in [-0.39, 0.29) is 0 Å². The molecule has 0 radical (unpaired) electrons. The predicted octanol–water partition coefficient (Wildman–Crippen LogP) is 1.83. The van der Waals surface area contributed by atoms with Crippen molar-refractivity contribution in [3.63, 3.8) is 0 Å². The smallest absolute Gasteiger partial charge is 0.220 e. The van der Waals surface area contributed by atoms with Crippen LogP contribution in [0.25, 0.3) is 0 Å². The first-order chi connectivity index (χ1) is 7.84. The van der Waals surface area contributed by atoms with Gasteiger partial charge in [-0.05, 0) is 23.8 Å². The van der Waals surface area contributed by atoms with Gasteiger partial charge >= 0.3 is 0 Å². The van der Waals surface area contributed by atoms with Crippen molar-refractivity contribution in [3.8, 4) is 0 Å². The van der Waals surface area contributed by atoms with Crippen LogP contribution in [0.4, 0.5) is 0 Å². The van der Waals surface area contributed by atoms with Crippen LogP contribution in [0, 0.1) is 0 Å². The van der Waals surface area contributed by atoms with Crippen LogP contribution in [0.2, 0.25) is 5.02 Å². The zero-order valence-corrected chi connectivity index (χ0v) is 9.37. The maximum atomic E-state index is 5.77. The Morgan fingerprint density at radius 1 is 1.38 bits per heavy atom. The molecule has 2 N–H and O–H groups in total. The van der Waals surface area contributed by atoms with Crippen LogP contribution in [-0.2, 0) is 11.4 Å². The van der Waals surface area contributed by atoms with Crippen molar-refractivity contribution < 1.29 is 4.84 Å². The average Bonchev–Trinajstić information content (AvgIpc) is 2.33. The molecule has 84 valence electrons. The number of nitrogens with zero attached hydrogens (tertiary/aromatic N) is 1. The highest BCUT2D eigenvalue weighted by Gasteiger charge is 1.99. The molecule has 16 heavy (non-hydrogen) atoms. The topological polar surface area (TPSA) is 45.6 Å². The van der Waals surface area contributed by atoms with Gasteiger partial charge in [0.1, 0.15) is 0 Å². The van der Waals surface area contributed by atoms with E-state index in [0.717, 1.165) is 10.6 Å². The standard InChI is InChI=1S/C11H12ClN3O/c12-10-4-2-9(3-5-10)8-16-15-11-13-6-1-7-14-11/h1-6H,7-8H2,(H2,13,14,15). The maximum absolute atomic E-state index is 5.77. The number of hydrogen-bond donors (Lipinski definition) is 2. The van der Waals surface area contributed by atoms with Crippen LogP contribution in [0.5, 0.6) is 0 Å². The first kappa shape index (κ1) is 11.0. The van der Waals surface area contributed by atoms with Crippen molar-refractivity contribution in [2.24, 2.45) is 4.99 Å². The number of rotatable bonds is 3. The van der Waals surface area contributed by atoms with E-state index in [2.05, 4.69) is 15.8 Å². The molecule has 0 saturated heterocycles. The summed E-state index contributed by atoms with van der Waals surface area (Å²) in [5, 5.41) is 3.65. The summed E-state index contributed by atoms with van der Waals surface area (Å²) in [6.45, 7) is 1.13. The summed E-state index contributed by atoms with van der Waals surface area (Å²) in [7, 11) is 0. The molecular weight excluding hydrogens is 226 g/mol. The second kappa shape index (κ2) is 5.53. The number of hydrogen-bond acceptors (Lipinski definition) is 4. The Bertz CT molecular complexity index is 400. The molecule has 2 rings (SSSR count). The Labute approximate surface area is 98.9 Å². The first-order valence-corrected chi connectivity index (χ1v) is 5.30. The summed E-state index contributed by atoms with van der Waals surface area (Å²) in [5.74, 6) is 0.622. The zero-order valence-electron chi connectivity index (χ0n) is 8.61. The summed E-state index contributed by atoms with van der Waals surface area (Å²) in [6.07, 6.45) is 3.74. The molecule has 1 aromatic rings. The number of halogens is 1. The minimum atomic E-state index is 0.460. The maximum Gasteiger partial charge on any atom is 0.220 e. The molecule has 0 saturated carbocycles. The SMILES string of the molecule is Clc1ccc(CONC2=NCC=CN2)cc1. The number of benzene rings is 1. The van der Waals surface area contributed by atoms with E-state index < -0.39 is 0 Å². The van der Waals surface area contributed by atoms with Gasteiger partial charge in [-0.3, -0.25) is 4.84 Å². The highest BCUT2D eigenvalue weighted by Crippen LogP contribution is 2.09. The Balaban J connectivity index is 1.75. The summed E-state index contributed by atoms with van der Waals surface area (Å²) in [4.78, 5) is 9.42. The van der Waals surface area contributed by atoms with E-state index in [1.165, 1.54) is 0 Å². The number of guanidine groups is 1. The molecule has 0 spiro atoms. The fourth-order valence-electron chi connectivity index (χ4n) is 1.21. The van der Waals surface area contributed by atoms with Gasteiger partial charge in [-0.25, -0.2) is 10.5 Å². The minimum absolute atomic E-state index is 0.460. The lowest BCUT2D eigenvalue weighted by Gasteiger charge is -2.11. The normalized spacial score (nSPS) is 14.2. The molecule has 4 nitrogen and oxygen atoms in total. The fourth-order valence-corrected chi connectivity index (χ4v) is 1.34. The van der Waals surface area contributed by atoms with Crippen molar-refractivity contribution in [3.05, 3.63) is 47.1 Å². The highest BCUT2D eigenvalue weighted by atomic mass is 35.5. The van der Waals surface area contributed by atoms with E-state index in [0.29, 0.717) is 19.1 Å². The van der Waals surface area contributed by atoms with Gasteiger partial charge in [-0.2, -0.15) is 0 Å². The Morgan fingerprint density at radius 3 is 2.88 bits per heavy atom. The molecule has 0 fully saturated rings. The quantitative estimate of drug-likeness (QED) is 0.789. The van der Waals surface area contributed by atoms with Crippen molar-refractivity contribution in [1.82, 2.24) is 10.8 Å². The molecule has 0 amide bonds. The van der Waals surface area contributed by atoms with Crippen molar-refractivity contribution >= 4 is 17.6 Å². The molecule has 0 atom stereocenters. The molecule has 1 aromatic carbocycles. The van der Waals surface area contributed by atoms with E-state index >= 15 is 0 Å². The van der Waals surface area contributed by atoms with Crippen molar-refractivity contribution in [2.75, 3.05) is 6.54 Å². The molecule has 1 aliphatic rings. The van der Waals surface area contributed by atoms with Crippen molar-refractivity contribution in [1.29, 1.82) is 0 Å². The molecule has 1 aliphatic heterocycles. The molecular formula is C11H12ClN3O. The summed E-state index contributed by atoms with van der Waals surface area (Å²) >= 11 is 5.77. The van der Waals surface area contributed by atoms with Crippen LogP contribution in [0.15, 0.2) is 41.5 Å². The molecule has 0 aromatic heterocycles. The van der Waals surface area contributed by atoms with E-state index in [1.807, 2.05) is 36.5 Å². The van der Waals surface area contributed by atoms with Crippen LogP contribution < -0.4 is 10.8 Å². The molecule has 0 unspecified atom stereocenters. The Kier molecular flexibility index (Phi) is 3.80. The second-order valence-corrected chi connectivity index (χ2v) is 3.69.